The van der Waals surface area contributed by atoms with Crippen molar-refractivity contribution < 1.29 is 27.2 Å². The van der Waals surface area contributed by atoms with E-state index in [0.717, 1.165) is 6.92 Å². The Labute approximate surface area is 87.9 Å². The van der Waals surface area contributed by atoms with Gasteiger partial charge in [0.1, 0.15) is 5.82 Å². The second kappa shape index (κ2) is 4.03. The maximum Gasteiger partial charge on any atom is 0.417 e. The quantitative estimate of drug-likeness (QED) is 0.448. The van der Waals surface area contributed by atoms with Crippen molar-refractivity contribution in [3.63, 3.8) is 0 Å². The minimum Gasteiger partial charge on any atom is -0.298 e. The summed E-state index contributed by atoms with van der Waals surface area (Å²) in [6, 6.07) is 1.35. The van der Waals surface area contributed by atoms with Crippen LogP contribution in [0.15, 0.2) is 12.1 Å². The third-order valence-electron chi connectivity index (χ3n) is 1.95. The molecule has 0 radical (unpaired) electrons. The summed E-state index contributed by atoms with van der Waals surface area (Å²) in [4.78, 5) is 21.4. The van der Waals surface area contributed by atoms with E-state index in [-0.39, 0.29) is 6.29 Å². The lowest BCUT2D eigenvalue weighted by Gasteiger charge is -2.13. The van der Waals surface area contributed by atoms with E-state index in [1.54, 1.807) is 0 Å². The zero-order valence-electron chi connectivity index (χ0n) is 8.06. The minimum atomic E-state index is -4.95. The molecule has 0 aliphatic carbocycles. The van der Waals surface area contributed by atoms with E-state index in [4.69, 9.17) is 0 Å². The molecule has 0 aliphatic heterocycles. The van der Waals surface area contributed by atoms with Gasteiger partial charge in [-0.15, -0.1) is 0 Å². The predicted molar refractivity (Wildman–Crippen MR) is 46.8 cm³/mol. The summed E-state index contributed by atoms with van der Waals surface area (Å²) >= 11 is 0. The number of carbonyl (C=O) groups is 2. The summed E-state index contributed by atoms with van der Waals surface area (Å²) in [6.45, 7) is 0.808. The monoisotopic (exact) mass is 234 g/mol. The second-order valence-electron chi connectivity index (χ2n) is 3.06. The van der Waals surface area contributed by atoms with Gasteiger partial charge in [0.05, 0.1) is 11.1 Å². The van der Waals surface area contributed by atoms with E-state index in [1.807, 2.05) is 0 Å². The molecule has 16 heavy (non-hydrogen) atoms. The Morgan fingerprint density at radius 1 is 1.31 bits per heavy atom. The van der Waals surface area contributed by atoms with Crippen molar-refractivity contribution in [3.8, 4) is 0 Å². The van der Waals surface area contributed by atoms with Crippen LogP contribution in [-0.2, 0) is 6.18 Å². The molecule has 86 valence electrons. The number of aldehydes is 1. The van der Waals surface area contributed by atoms with Gasteiger partial charge in [-0.3, -0.25) is 9.59 Å². The molecule has 2 nitrogen and oxygen atoms in total. The van der Waals surface area contributed by atoms with Crippen LogP contribution < -0.4 is 0 Å². The van der Waals surface area contributed by atoms with Crippen LogP contribution in [-0.4, -0.2) is 12.1 Å². The SMILES string of the molecule is CC(=O)c1c(F)ccc(C=O)c1C(F)(F)F. The van der Waals surface area contributed by atoms with Crippen molar-refractivity contribution in [1.82, 2.24) is 0 Å². The van der Waals surface area contributed by atoms with Crippen LogP contribution in [0.4, 0.5) is 17.6 Å². The second-order valence-corrected chi connectivity index (χ2v) is 3.06. The highest BCUT2D eigenvalue weighted by atomic mass is 19.4. The smallest absolute Gasteiger partial charge is 0.298 e. The first kappa shape index (κ1) is 12.4. The van der Waals surface area contributed by atoms with Crippen molar-refractivity contribution in [2.24, 2.45) is 0 Å². The highest BCUT2D eigenvalue weighted by Crippen LogP contribution is 2.35. The molecule has 0 aromatic heterocycles. The average molecular weight is 234 g/mol. The Bertz CT molecular complexity index is 449. The van der Waals surface area contributed by atoms with E-state index in [9.17, 15) is 27.2 Å². The van der Waals surface area contributed by atoms with Crippen LogP contribution >= 0.6 is 0 Å². The fourth-order valence-corrected chi connectivity index (χ4v) is 1.34. The molecule has 0 spiro atoms. The number of carbonyl (C=O) groups excluding carboxylic acids is 2. The lowest BCUT2D eigenvalue weighted by atomic mass is 9.98. The van der Waals surface area contributed by atoms with Crippen molar-refractivity contribution in [3.05, 3.63) is 34.6 Å². The lowest BCUT2D eigenvalue weighted by Crippen LogP contribution is -2.16. The van der Waals surface area contributed by atoms with Crippen molar-refractivity contribution >= 4 is 12.1 Å². The fraction of sp³-hybridized carbons (Fsp3) is 0.200. The van der Waals surface area contributed by atoms with E-state index < -0.39 is 34.5 Å². The van der Waals surface area contributed by atoms with Crippen molar-refractivity contribution in [2.75, 3.05) is 0 Å². The van der Waals surface area contributed by atoms with Gasteiger partial charge in [-0.2, -0.15) is 13.2 Å². The molecule has 0 amide bonds. The maximum atomic E-state index is 13.1. The summed E-state index contributed by atoms with van der Waals surface area (Å²) in [5, 5.41) is 0. The molecule has 0 bridgehead atoms. The summed E-state index contributed by atoms with van der Waals surface area (Å²) < 4.78 is 50.8. The number of benzene rings is 1. The van der Waals surface area contributed by atoms with Gasteiger partial charge in [0.2, 0.25) is 0 Å². The summed E-state index contributed by atoms with van der Waals surface area (Å²) in [6.07, 6.45) is -5.01. The normalized spacial score (nSPS) is 11.3. The van der Waals surface area contributed by atoms with E-state index >= 15 is 0 Å². The largest absolute Gasteiger partial charge is 0.417 e. The topological polar surface area (TPSA) is 34.1 Å². The van der Waals surface area contributed by atoms with Crippen LogP contribution in [0.1, 0.15) is 33.2 Å². The van der Waals surface area contributed by atoms with Gasteiger partial charge in [0.15, 0.2) is 12.1 Å². The van der Waals surface area contributed by atoms with Crippen LogP contribution in [0.25, 0.3) is 0 Å². The zero-order chi connectivity index (χ0) is 12.5. The first-order valence-corrected chi connectivity index (χ1v) is 4.15. The lowest BCUT2D eigenvalue weighted by molar-refractivity contribution is -0.138. The third-order valence-corrected chi connectivity index (χ3v) is 1.95. The highest BCUT2D eigenvalue weighted by Gasteiger charge is 2.38. The summed E-state index contributed by atoms with van der Waals surface area (Å²) in [7, 11) is 0. The van der Waals surface area contributed by atoms with Gasteiger partial charge in [0, 0.05) is 5.56 Å². The number of alkyl halides is 3. The molecule has 0 heterocycles. The first-order chi connectivity index (χ1) is 7.29. The summed E-state index contributed by atoms with van der Waals surface area (Å²) in [5.41, 5.74) is -3.37. The molecule has 0 N–H and O–H groups in total. The zero-order valence-corrected chi connectivity index (χ0v) is 8.06. The van der Waals surface area contributed by atoms with Gasteiger partial charge in [-0.1, -0.05) is 0 Å². The molecule has 6 heteroatoms. The fourth-order valence-electron chi connectivity index (χ4n) is 1.34. The first-order valence-electron chi connectivity index (χ1n) is 4.15. The van der Waals surface area contributed by atoms with Crippen LogP contribution in [0, 0.1) is 5.82 Å². The molecule has 0 aliphatic rings. The van der Waals surface area contributed by atoms with Crippen molar-refractivity contribution in [1.29, 1.82) is 0 Å². The van der Waals surface area contributed by atoms with Crippen LogP contribution in [0.3, 0.4) is 0 Å². The molecular formula is C10H6F4O2. The molecule has 1 rings (SSSR count). The Morgan fingerprint density at radius 2 is 1.88 bits per heavy atom. The molecule has 1 aromatic carbocycles. The maximum absolute atomic E-state index is 13.1. The van der Waals surface area contributed by atoms with E-state index in [0.29, 0.717) is 12.1 Å². The Morgan fingerprint density at radius 3 is 2.25 bits per heavy atom. The number of Topliss-reactive ketones (excluding diaryl/α,β-unsaturated/α-hetero) is 1. The molecular weight excluding hydrogens is 228 g/mol. The number of halogens is 4. The Hall–Kier alpha value is -1.72. The minimum absolute atomic E-state index is 0.0608. The number of hydrogen-bond acceptors (Lipinski definition) is 2. The molecule has 0 fully saturated rings. The van der Waals surface area contributed by atoms with Gasteiger partial charge in [-0.25, -0.2) is 4.39 Å². The van der Waals surface area contributed by atoms with Crippen molar-refractivity contribution in [2.45, 2.75) is 13.1 Å². The van der Waals surface area contributed by atoms with Gasteiger partial charge < -0.3 is 0 Å². The van der Waals surface area contributed by atoms with Gasteiger partial charge in [0.25, 0.3) is 0 Å². The van der Waals surface area contributed by atoms with Crippen LogP contribution in [0.2, 0.25) is 0 Å². The Balaban J connectivity index is 3.69. The molecule has 0 unspecified atom stereocenters. The van der Waals surface area contributed by atoms with Gasteiger partial charge >= 0.3 is 6.18 Å². The number of hydrogen-bond donors (Lipinski definition) is 0. The van der Waals surface area contributed by atoms with E-state index in [2.05, 4.69) is 0 Å². The standard InChI is InChI=1S/C10H6F4O2/c1-5(16)8-7(11)3-2-6(4-15)9(8)10(12,13)14/h2-4H,1H3. The molecule has 0 atom stereocenters. The average Bonchev–Trinajstić information content (AvgIpc) is 2.15. The molecule has 0 saturated carbocycles. The van der Waals surface area contributed by atoms with Gasteiger partial charge in [-0.05, 0) is 19.1 Å². The number of rotatable bonds is 2. The summed E-state index contributed by atoms with van der Waals surface area (Å²) in [5.74, 6) is -2.36. The Kier molecular flexibility index (Phi) is 3.11. The molecule has 0 saturated heterocycles. The highest BCUT2D eigenvalue weighted by molar-refractivity contribution is 5.98. The van der Waals surface area contributed by atoms with E-state index in [1.165, 1.54) is 0 Å². The molecule has 1 aromatic rings. The third kappa shape index (κ3) is 2.10. The van der Waals surface area contributed by atoms with Crippen LogP contribution in [0.5, 0.6) is 0 Å². The predicted octanol–water partition coefficient (Wildman–Crippen LogP) is 2.86. The number of ketones is 1.